The predicted molar refractivity (Wildman–Crippen MR) is 84.9 cm³/mol. The Morgan fingerprint density at radius 3 is 2.20 bits per heavy atom. The van der Waals surface area contributed by atoms with E-state index in [0.717, 1.165) is 10.9 Å². The molecule has 3 rings (SSSR count). The van der Waals surface area contributed by atoms with Gasteiger partial charge >= 0.3 is 0 Å². The Balaban J connectivity index is 1.76. The van der Waals surface area contributed by atoms with Crippen LogP contribution in [0.1, 0.15) is 43.0 Å². The summed E-state index contributed by atoms with van der Waals surface area (Å²) in [6, 6.07) is 19.7. The van der Waals surface area contributed by atoms with Gasteiger partial charge in [-0.05, 0) is 48.9 Å². The van der Waals surface area contributed by atoms with Crippen molar-refractivity contribution in [2.45, 2.75) is 31.8 Å². The van der Waals surface area contributed by atoms with E-state index >= 15 is 0 Å². The lowest BCUT2D eigenvalue weighted by molar-refractivity contribution is 0.427. The zero-order valence-electron chi connectivity index (χ0n) is 11.7. The molecule has 0 saturated heterocycles. The molecule has 0 bridgehead atoms. The first-order valence-corrected chi connectivity index (χ1v) is 7.68. The van der Waals surface area contributed by atoms with Crippen molar-refractivity contribution in [1.82, 2.24) is 5.32 Å². The normalized spacial score (nSPS) is 17.7. The van der Waals surface area contributed by atoms with Crippen LogP contribution in [0.3, 0.4) is 0 Å². The fourth-order valence-corrected chi connectivity index (χ4v) is 2.84. The molecular formula is C18H20ClN. The first-order chi connectivity index (χ1) is 9.74. The third kappa shape index (κ3) is 3.23. The van der Waals surface area contributed by atoms with Gasteiger partial charge in [-0.2, -0.15) is 0 Å². The molecule has 2 aromatic carbocycles. The van der Waals surface area contributed by atoms with E-state index in [4.69, 9.17) is 11.6 Å². The van der Waals surface area contributed by atoms with Crippen LogP contribution < -0.4 is 5.32 Å². The van der Waals surface area contributed by atoms with Gasteiger partial charge in [0, 0.05) is 17.1 Å². The van der Waals surface area contributed by atoms with Crippen molar-refractivity contribution in [1.29, 1.82) is 0 Å². The van der Waals surface area contributed by atoms with E-state index in [1.54, 1.807) is 0 Å². The van der Waals surface area contributed by atoms with Gasteiger partial charge < -0.3 is 5.32 Å². The minimum absolute atomic E-state index is 0.359. The molecule has 1 N–H and O–H groups in total. The van der Waals surface area contributed by atoms with E-state index in [1.165, 1.54) is 24.0 Å². The second-order valence-corrected chi connectivity index (χ2v) is 6.10. The minimum Gasteiger partial charge on any atom is -0.303 e. The maximum Gasteiger partial charge on any atom is 0.0406 e. The largest absolute Gasteiger partial charge is 0.303 e. The molecule has 20 heavy (non-hydrogen) atoms. The molecule has 1 fully saturated rings. The van der Waals surface area contributed by atoms with Gasteiger partial charge in [0.05, 0.1) is 0 Å². The van der Waals surface area contributed by atoms with Crippen LogP contribution in [-0.4, -0.2) is 0 Å². The van der Waals surface area contributed by atoms with Crippen LogP contribution in [0.25, 0.3) is 0 Å². The Morgan fingerprint density at radius 1 is 0.950 bits per heavy atom. The van der Waals surface area contributed by atoms with Crippen molar-refractivity contribution in [3.63, 3.8) is 0 Å². The van der Waals surface area contributed by atoms with Crippen molar-refractivity contribution in [2.75, 3.05) is 0 Å². The van der Waals surface area contributed by atoms with Crippen molar-refractivity contribution in [3.8, 4) is 0 Å². The van der Waals surface area contributed by atoms with E-state index in [9.17, 15) is 0 Å². The summed E-state index contributed by atoms with van der Waals surface area (Å²) >= 11 is 5.99. The zero-order chi connectivity index (χ0) is 13.9. The maximum atomic E-state index is 5.99. The van der Waals surface area contributed by atoms with E-state index in [-0.39, 0.29) is 0 Å². The molecule has 0 aromatic heterocycles. The minimum atomic E-state index is 0.359. The lowest BCUT2D eigenvalue weighted by Crippen LogP contribution is -2.26. The van der Waals surface area contributed by atoms with Gasteiger partial charge in [0.1, 0.15) is 0 Å². The molecule has 1 unspecified atom stereocenters. The van der Waals surface area contributed by atoms with Gasteiger partial charge in [-0.25, -0.2) is 0 Å². The second kappa shape index (κ2) is 5.99. The quantitative estimate of drug-likeness (QED) is 0.802. The van der Waals surface area contributed by atoms with Crippen molar-refractivity contribution in [3.05, 3.63) is 70.7 Å². The number of hydrogen-bond donors (Lipinski definition) is 1. The summed E-state index contributed by atoms with van der Waals surface area (Å²) in [5, 5.41) is 4.59. The third-order valence-electron chi connectivity index (χ3n) is 4.05. The molecule has 0 amide bonds. The van der Waals surface area contributed by atoms with Crippen LogP contribution in [-0.2, 0) is 0 Å². The SMILES string of the molecule is C[C@H](NC(c1ccc(Cl)cc1)C1CC1)c1ccccc1. The average molecular weight is 286 g/mol. The molecular weight excluding hydrogens is 266 g/mol. The van der Waals surface area contributed by atoms with Crippen LogP contribution >= 0.6 is 11.6 Å². The number of nitrogens with one attached hydrogen (secondary N) is 1. The van der Waals surface area contributed by atoms with E-state index < -0.39 is 0 Å². The molecule has 1 aliphatic rings. The molecule has 2 heteroatoms. The van der Waals surface area contributed by atoms with Gasteiger partial charge in [0.25, 0.3) is 0 Å². The Morgan fingerprint density at radius 2 is 1.60 bits per heavy atom. The van der Waals surface area contributed by atoms with Gasteiger partial charge in [0.15, 0.2) is 0 Å². The number of hydrogen-bond acceptors (Lipinski definition) is 1. The number of benzene rings is 2. The van der Waals surface area contributed by atoms with Crippen LogP contribution in [0, 0.1) is 5.92 Å². The summed E-state index contributed by atoms with van der Waals surface area (Å²) in [4.78, 5) is 0. The molecule has 1 aliphatic carbocycles. The van der Waals surface area contributed by atoms with Crippen LogP contribution in [0.2, 0.25) is 5.02 Å². The Labute approximate surface area is 126 Å². The summed E-state index contributed by atoms with van der Waals surface area (Å²) in [5.74, 6) is 0.766. The molecule has 0 heterocycles. The predicted octanol–water partition coefficient (Wildman–Crippen LogP) is 5.14. The summed E-state index contributed by atoms with van der Waals surface area (Å²) < 4.78 is 0. The monoisotopic (exact) mass is 285 g/mol. The van der Waals surface area contributed by atoms with Gasteiger partial charge in [-0.3, -0.25) is 0 Å². The molecule has 1 nitrogen and oxygen atoms in total. The van der Waals surface area contributed by atoms with E-state index in [1.807, 2.05) is 12.1 Å². The first-order valence-electron chi connectivity index (χ1n) is 7.30. The van der Waals surface area contributed by atoms with Gasteiger partial charge in [-0.15, -0.1) is 0 Å². The van der Waals surface area contributed by atoms with Crippen LogP contribution in [0.5, 0.6) is 0 Å². The Hall–Kier alpha value is -1.31. The van der Waals surface area contributed by atoms with Crippen molar-refractivity contribution < 1.29 is 0 Å². The molecule has 0 aliphatic heterocycles. The molecule has 1 saturated carbocycles. The molecule has 2 aromatic rings. The summed E-state index contributed by atoms with van der Waals surface area (Å²) in [5.41, 5.74) is 2.69. The summed E-state index contributed by atoms with van der Waals surface area (Å²) in [6.07, 6.45) is 2.64. The zero-order valence-corrected chi connectivity index (χ0v) is 12.5. The number of rotatable bonds is 5. The van der Waals surface area contributed by atoms with Crippen molar-refractivity contribution >= 4 is 11.6 Å². The summed E-state index contributed by atoms with van der Waals surface area (Å²) in [7, 11) is 0. The fourth-order valence-electron chi connectivity index (χ4n) is 2.71. The molecule has 0 spiro atoms. The summed E-state index contributed by atoms with van der Waals surface area (Å²) in [6.45, 7) is 2.24. The Bertz CT molecular complexity index is 545. The van der Waals surface area contributed by atoms with Gasteiger partial charge in [0.2, 0.25) is 0 Å². The highest BCUT2D eigenvalue weighted by Crippen LogP contribution is 2.42. The third-order valence-corrected chi connectivity index (χ3v) is 4.30. The fraction of sp³-hybridized carbons (Fsp3) is 0.333. The molecule has 104 valence electrons. The van der Waals surface area contributed by atoms with E-state index in [0.29, 0.717) is 12.1 Å². The van der Waals surface area contributed by atoms with Crippen LogP contribution in [0.4, 0.5) is 0 Å². The number of halogens is 1. The molecule has 0 radical (unpaired) electrons. The lowest BCUT2D eigenvalue weighted by Gasteiger charge is -2.24. The first kappa shape index (κ1) is 13.7. The van der Waals surface area contributed by atoms with E-state index in [2.05, 4.69) is 54.7 Å². The highest BCUT2D eigenvalue weighted by Gasteiger charge is 2.33. The molecule has 2 atom stereocenters. The van der Waals surface area contributed by atoms with Crippen molar-refractivity contribution in [2.24, 2.45) is 5.92 Å². The average Bonchev–Trinajstić information content (AvgIpc) is 3.31. The highest BCUT2D eigenvalue weighted by atomic mass is 35.5. The van der Waals surface area contributed by atoms with Gasteiger partial charge in [-0.1, -0.05) is 54.1 Å². The standard InChI is InChI=1S/C18H20ClN/c1-13(14-5-3-2-4-6-14)20-18(15-7-8-15)16-9-11-17(19)12-10-16/h2-6,9-13,15,18,20H,7-8H2,1H3/t13-,18?/m0/s1. The second-order valence-electron chi connectivity index (χ2n) is 5.67. The maximum absolute atomic E-state index is 5.99. The van der Waals surface area contributed by atoms with Crippen LogP contribution in [0.15, 0.2) is 54.6 Å². The topological polar surface area (TPSA) is 12.0 Å². The lowest BCUT2D eigenvalue weighted by atomic mass is 9.99. The smallest absolute Gasteiger partial charge is 0.0406 e. The Kier molecular flexibility index (Phi) is 4.09. The highest BCUT2D eigenvalue weighted by molar-refractivity contribution is 6.30.